The molecule has 2 heterocycles. The molecule has 1 aliphatic rings. The number of anilines is 1. The lowest BCUT2D eigenvalue weighted by atomic mass is 10.1. The number of halogens is 1. The van der Waals surface area contributed by atoms with Crippen molar-refractivity contribution in [1.82, 2.24) is 9.88 Å². The van der Waals surface area contributed by atoms with E-state index < -0.39 is 6.04 Å². The molecule has 6 nitrogen and oxygen atoms in total. The third kappa shape index (κ3) is 3.80. The molecular weight excluding hydrogens is 354 g/mol. The van der Waals surface area contributed by atoms with Crippen molar-refractivity contribution in [3.63, 3.8) is 0 Å². The summed E-state index contributed by atoms with van der Waals surface area (Å²) in [6.07, 6.45) is 3.05. The number of aromatic nitrogens is 1. The predicted octanol–water partition coefficient (Wildman–Crippen LogP) is 3.30. The van der Waals surface area contributed by atoms with Gasteiger partial charge in [-0.05, 0) is 49.6 Å². The van der Waals surface area contributed by atoms with E-state index in [0.717, 1.165) is 12.0 Å². The highest BCUT2D eigenvalue weighted by atomic mass is 35.5. The highest BCUT2D eigenvalue weighted by Gasteiger charge is 2.35. The number of benzene rings is 1. The summed E-state index contributed by atoms with van der Waals surface area (Å²) < 4.78 is 5.27. The molecule has 1 aromatic carbocycles. The fourth-order valence-corrected chi connectivity index (χ4v) is 3.21. The zero-order valence-corrected chi connectivity index (χ0v) is 15.4. The summed E-state index contributed by atoms with van der Waals surface area (Å²) in [7, 11) is 1.50. The summed E-state index contributed by atoms with van der Waals surface area (Å²) in [5.74, 6) is 0.401. The molecule has 0 saturated carbocycles. The van der Waals surface area contributed by atoms with Crippen LogP contribution in [0.4, 0.5) is 5.82 Å². The van der Waals surface area contributed by atoms with Crippen molar-refractivity contribution in [3.05, 3.63) is 52.7 Å². The van der Waals surface area contributed by atoms with Gasteiger partial charge in [-0.25, -0.2) is 4.98 Å². The topological polar surface area (TPSA) is 71.5 Å². The first kappa shape index (κ1) is 18.2. The highest BCUT2D eigenvalue weighted by Crippen LogP contribution is 2.28. The van der Waals surface area contributed by atoms with Gasteiger partial charge in [0.2, 0.25) is 5.91 Å². The lowest BCUT2D eigenvalue weighted by Crippen LogP contribution is -2.43. The molecular formula is C19H20ClN3O3. The standard InChI is InChI=1S/C19H20ClN3O3/c1-12-5-8-17(21-11-12)22-18(24)15-4-3-9-23(15)19(25)14-10-13(20)6-7-16(14)26-2/h5-8,10-11,15H,3-4,9H2,1-2H3,(H,21,22,24)/t15-/m1/s1. The number of aryl methyl sites for hydroxylation is 1. The molecule has 7 heteroatoms. The Morgan fingerprint density at radius 3 is 2.81 bits per heavy atom. The first-order chi connectivity index (χ1) is 12.5. The maximum atomic E-state index is 13.0. The zero-order valence-electron chi connectivity index (χ0n) is 14.7. The number of rotatable bonds is 4. The van der Waals surface area contributed by atoms with Gasteiger partial charge in [0.15, 0.2) is 0 Å². The van der Waals surface area contributed by atoms with Crippen molar-refractivity contribution in [2.75, 3.05) is 19.0 Å². The van der Waals surface area contributed by atoms with Gasteiger partial charge in [-0.1, -0.05) is 17.7 Å². The predicted molar refractivity (Wildman–Crippen MR) is 99.7 cm³/mol. The minimum absolute atomic E-state index is 0.242. The summed E-state index contributed by atoms with van der Waals surface area (Å²) in [6, 6.07) is 7.95. The third-order valence-corrected chi connectivity index (χ3v) is 4.61. The maximum absolute atomic E-state index is 13.0. The van der Waals surface area contributed by atoms with Gasteiger partial charge in [0.05, 0.1) is 12.7 Å². The van der Waals surface area contributed by atoms with E-state index in [9.17, 15) is 9.59 Å². The molecule has 3 rings (SSSR count). The summed E-state index contributed by atoms with van der Waals surface area (Å²) in [4.78, 5) is 31.4. The number of methoxy groups -OCH3 is 1. The van der Waals surface area contributed by atoms with Crippen LogP contribution in [-0.2, 0) is 4.79 Å². The Bertz CT molecular complexity index is 823. The van der Waals surface area contributed by atoms with Gasteiger partial charge in [-0.3, -0.25) is 9.59 Å². The normalized spacial score (nSPS) is 16.4. The summed E-state index contributed by atoms with van der Waals surface area (Å²) in [5.41, 5.74) is 1.36. The van der Waals surface area contributed by atoms with E-state index in [2.05, 4.69) is 10.3 Å². The molecule has 1 aromatic heterocycles. The molecule has 1 fully saturated rings. The molecule has 136 valence electrons. The molecule has 0 radical (unpaired) electrons. The Morgan fingerprint density at radius 2 is 2.12 bits per heavy atom. The molecule has 1 atom stereocenters. The number of carbonyl (C=O) groups is 2. The minimum Gasteiger partial charge on any atom is -0.496 e. The molecule has 0 aliphatic carbocycles. The largest absolute Gasteiger partial charge is 0.496 e. The average molecular weight is 374 g/mol. The Labute approximate surface area is 157 Å². The number of pyridine rings is 1. The van der Waals surface area contributed by atoms with Crippen molar-refractivity contribution in [2.45, 2.75) is 25.8 Å². The smallest absolute Gasteiger partial charge is 0.258 e. The van der Waals surface area contributed by atoms with Crippen LogP contribution in [-0.4, -0.2) is 41.4 Å². The van der Waals surface area contributed by atoms with Crippen LogP contribution in [0.5, 0.6) is 5.75 Å². The Balaban J connectivity index is 1.79. The molecule has 26 heavy (non-hydrogen) atoms. The molecule has 1 N–H and O–H groups in total. The summed E-state index contributed by atoms with van der Waals surface area (Å²) in [6.45, 7) is 2.43. The second-order valence-electron chi connectivity index (χ2n) is 6.21. The summed E-state index contributed by atoms with van der Waals surface area (Å²) >= 11 is 6.03. The fourth-order valence-electron chi connectivity index (χ4n) is 3.04. The first-order valence-electron chi connectivity index (χ1n) is 8.37. The van der Waals surface area contributed by atoms with Gasteiger partial charge in [0.25, 0.3) is 5.91 Å². The first-order valence-corrected chi connectivity index (χ1v) is 8.75. The number of hydrogen-bond donors (Lipinski definition) is 1. The van der Waals surface area contributed by atoms with E-state index in [4.69, 9.17) is 16.3 Å². The van der Waals surface area contributed by atoms with Crippen molar-refractivity contribution in [2.24, 2.45) is 0 Å². The number of hydrogen-bond acceptors (Lipinski definition) is 4. The Kier molecular flexibility index (Phi) is 5.42. The Hall–Kier alpha value is -2.60. The van der Waals surface area contributed by atoms with Crippen LogP contribution in [0, 0.1) is 6.92 Å². The molecule has 1 aliphatic heterocycles. The SMILES string of the molecule is COc1ccc(Cl)cc1C(=O)N1CCC[C@@H]1C(=O)Nc1ccc(C)cn1. The molecule has 2 amide bonds. The van der Waals surface area contributed by atoms with E-state index in [1.54, 1.807) is 35.4 Å². The number of nitrogens with zero attached hydrogens (tertiary/aromatic N) is 2. The van der Waals surface area contributed by atoms with Crippen LogP contribution in [0.3, 0.4) is 0 Å². The minimum atomic E-state index is -0.547. The summed E-state index contributed by atoms with van der Waals surface area (Å²) in [5, 5.41) is 3.23. The van der Waals surface area contributed by atoms with Crippen LogP contribution in [0.25, 0.3) is 0 Å². The van der Waals surface area contributed by atoms with Crippen molar-refractivity contribution < 1.29 is 14.3 Å². The third-order valence-electron chi connectivity index (χ3n) is 4.37. The van der Waals surface area contributed by atoms with Gasteiger partial charge in [0, 0.05) is 17.8 Å². The number of amides is 2. The van der Waals surface area contributed by atoms with Gasteiger partial charge >= 0.3 is 0 Å². The van der Waals surface area contributed by atoms with Crippen molar-refractivity contribution in [1.29, 1.82) is 0 Å². The van der Waals surface area contributed by atoms with Crippen LogP contribution >= 0.6 is 11.6 Å². The highest BCUT2D eigenvalue weighted by molar-refractivity contribution is 6.31. The lowest BCUT2D eigenvalue weighted by molar-refractivity contribution is -0.119. The zero-order chi connectivity index (χ0) is 18.7. The van der Waals surface area contributed by atoms with E-state index in [-0.39, 0.29) is 11.8 Å². The van der Waals surface area contributed by atoms with Crippen LogP contribution in [0.2, 0.25) is 5.02 Å². The van der Waals surface area contributed by atoms with Gasteiger partial charge in [-0.2, -0.15) is 0 Å². The number of carbonyl (C=O) groups excluding carboxylic acids is 2. The number of likely N-dealkylation sites (tertiary alicyclic amines) is 1. The van der Waals surface area contributed by atoms with Gasteiger partial charge in [0.1, 0.15) is 17.6 Å². The quantitative estimate of drug-likeness (QED) is 0.892. The van der Waals surface area contributed by atoms with Crippen LogP contribution in [0.1, 0.15) is 28.8 Å². The van der Waals surface area contributed by atoms with Gasteiger partial charge < -0.3 is 15.0 Å². The van der Waals surface area contributed by atoms with E-state index in [1.165, 1.54) is 7.11 Å². The number of ether oxygens (including phenoxy) is 1. The van der Waals surface area contributed by atoms with Crippen molar-refractivity contribution in [3.8, 4) is 5.75 Å². The Morgan fingerprint density at radius 1 is 1.31 bits per heavy atom. The fraction of sp³-hybridized carbons (Fsp3) is 0.316. The average Bonchev–Trinajstić information content (AvgIpc) is 3.13. The maximum Gasteiger partial charge on any atom is 0.258 e. The molecule has 0 bridgehead atoms. The van der Waals surface area contributed by atoms with E-state index >= 15 is 0 Å². The lowest BCUT2D eigenvalue weighted by Gasteiger charge is -2.24. The molecule has 1 saturated heterocycles. The van der Waals surface area contributed by atoms with E-state index in [0.29, 0.717) is 35.1 Å². The monoisotopic (exact) mass is 373 g/mol. The van der Waals surface area contributed by atoms with E-state index in [1.807, 2.05) is 13.0 Å². The van der Waals surface area contributed by atoms with Gasteiger partial charge in [-0.15, -0.1) is 0 Å². The van der Waals surface area contributed by atoms with Crippen LogP contribution in [0.15, 0.2) is 36.5 Å². The second-order valence-corrected chi connectivity index (χ2v) is 6.65. The molecule has 0 unspecified atom stereocenters. The number of nitrogens with one attached hydrogen (secondary N) is 1. The second kappa shape index (κ2) is 7.74. The molecule has 0 spiro atoms. The van der Waals surface area contributed by atoms with Crippen molar-refractivity contribution >= 4 is 29.2 Å². The molecule has 2 aromatic rings. The van der Waals surface area contributed by atoms with Crippen LogP contribution < -0.4 is 10.1 Å².